The molecule has 29 heavy (non-hydrogen) atoms. The van der Waals surface area contributed by atoms with Crippen LogP contribution >= 0.6 is 11.6 Å². The van der Waals surface area contributed by atoms with Gasteiger partial charge in [0.2, 0.25) is 0 Å². The SMILES string of the molecule is C[C@H]1C[C@H]2[C@@H]3C[C@H](F)C4=CC(=O)C=C[C@]4(C)[C@@]3(Cl)C(O)C[C@]2(C)[C@@]1(O)C(=O)CO. The van der Waals surface area contributed by atoms with Crippen LogP contribution in [0.2, 0.25) is 0 Å². The van der Waals surface area contributed by atoms with Crippen LogP contribution in [0.5, 0.6) is 0 Å². The van der Waals surface area contributed by atoms with E-state index in [1.54, 1.807) is 26.8 Å². The molecule has 5 nitrogen and oxygen atoms in total. The predicted molar refractivity (Wildman–Crippen MR) is 105 cm³/mol. The Bertz CT molecular complexity index is 841. The Balaban J connectivity index is 1.87. The molecular formula is C22H28ClFO5. The molecule has 0 saturated heterocycles. The maximum absolute atomic E-state index is 15.3. The van der Waals surface area contributed by atoms with Crippen LogP contribution in [-0.4, -0.2) is 56.2 Å². The summed E-state index contributed by atoms with van der Waals surface area (Å²) in [5.74, 6) is -2.27. The third-order valence-corrected chi connectivity index (χ3v) is 9.70. The molecule has 0 aromatic carbocycles. The minimum atomic E-state index is -1.81. The topological polar surface area (TPSA) is 94.8 Å². The van der Waals surface area contributed by atoms with E-state index >= 15 is 4.39 Å². The first-order valence-electron chi connectivity index (χ1n) is 10.2. The van der Waals surface area contributed by atoms with Gasteiger partial charge in [-0.05, 0) is 54.7 Å². The van der Waals surface area contributed by atoms with Crippen molar-refractivity contribution in [2.75, 3.05) is 6.61 Å². The van der Waals surface area contributed by atoms with Crippen molar-refractivity contribution >= 4 is 23.2 Å². The quantitative estimate of drug-likeness (QED) is 0.588. The molecule has 9 atom stereocenters. The summed E-state index contributed by atoms with van der Waals surface area (Å²) in [4.78, 5) is 23.2. The lowest BCUT2D eigenvalue weighted by atomic mass is 9.45. The average Bonchev–Trinajstić information content (AvgIpc) is 2.86. The van der Waals surface area contributed by atoms with E-state index in [9.17, 15) is 24.9 Å². The van der Waals surface area contributed by atoms with Crippen molar-refractivity contribution in [3.63, 3.8) is 0 Å². The van der Waals surface area contributed by atoms with Gasteiger partial charge in [-0.3, -0.25) is 9.59 Å². The van der Waals surface area contributed by atoms with Crippen LogP contribution in [0.25, 0.3) is 0 Å². The maximum atomic E-state index is 15.3. The highest BCUT2D eigenvalue weighted by Gasteiger charge is 2.75. The lowest BCUT2D eigenvalue weighted by molar-refractivity contribution is -0.181. The maximum Gasteiger partial charge on any atom is 0.190 e. The molecule has 4 aliphatic carbocycles. The van der Waals surface area contributed by atoms with Crippen molar-refractivity contribution < 1.29 is 29.3 Å². The van der Waals surface area contributed by atoms with Crippen LogP contribution in [0.15, 0.2) is 23.8 Å². The Morgan fingerprint density at radius 2 is 1.97 bits per heavy atom. The second-order valence-electron chi connectivity index (χ2n) is 9.84. The van der Waals surface area contributed by atoms with Crippen molar-refractivity contribution in [3.8, 4) is 0 Å². The zero-order valence-electron chi connectivity index (χ0n) is 16.9. The molecule has 0 aliphatic heterocycles. The van der Waals surface area contributed by atoms with Gasteiger partial charge in [0, 0.05) is 10.8 Å². The van der Waals surface area contributed by atoms with E-state index in [2.05, 4.69) is 0 Å². The molecule has 0 aromatic rings. The number of aliphatic hydroxyl groups is 3. The predicted octanol–water partition coefficient (Wildman–Crippen LogP) is 2.11. The summed E-state index contributed by atoms with van der Waals surface area (Å²) in [6.45, 7) is 4.46. The summed E-state index contributed by atoms with van der Waals surface area (Å²) in [6.07, 6.45) is 2.21. The van der Waals surface area contributed by atoms with E-state index in [1.165, 1.54) is 12.2 Å². The molecule has 0 radical (unpaired) electrons. The molecule has 3 fully saturated rings. The average molecular weight is 427 g/mol. The Hall–Kier alpha value is -1.08. The fourth-order valence-corrected chi connectivity index (χ4v) is 7.74. The number of allylic oxidation sites excluding steroid dienone is 4. The minimum absolute atomic E-state index is 0.0134. The van der Waals surface area contributed by atoms with Crippen molar-refractivity contribution in [2.24, 2.45) is 28.6 Å². The van der Waals surface area contributed by atoms with Gasteiger partial charge in [-0.1, -0.05) is 26.8 Å². The first-order valence-corrected chi connectivity index (χ1v) is 10.6. The number of hydrogen-bond acceptors (Lipinski definition) is 5. The molecule has 1 unspecified atom stereocenters. The first kappa shape index (κ1) is 21.2. The standard InChI is InChI=1S/C22H28ClFO5/c1-11-6-13-14-8-16(24)15-7-12(26)4-5-19(15,2)21(14,23)17(27)9-20(13,3)22(11,29)18(28)10-25/h4-5,7,11,13-14,16-17,25,27,29H,6,8-10H2,1-3H3/t11-,13-,14-,16-,17?,19-,20-,21-,22-/m0/s1. The lowest BCUT2D eigenvalue weighted by Gasteiger charge is -2.64. The highest BCUT2D eigenvalue weighted by atomic mass is 35.5. The van der Waals surface area contributed by atoms with E-state index < -0.39 is 57.8 Å². The van der Waals surface area contributed by atoms with E-state index in [-0.39, 0.29) is 30.1 Å². The normalized spacial score (nSPS) is 53.7. The van der Waals surface area contributed by atoms with Gasteiger partial charge in [0.15, 0.2) is 11.6 Å². The third kappa shape index (κ3) is 2.26. The molecule has 0 heterocycles. The van der Waals surface area contributed by atoms with Crippen molar-refractivity contribution in [1.82, 2.24) is 0 Å². The second-order valence-corrected chi connectivity index (χ2v) is 10.5. The number of ketones is 2. The third-order valence-electron chi connectivity index (χ3n) is 8.78. The molecule has 3 saturated carbocycles. The molecule has 0 amide bonds. The van der Waals surface area contributed by atoms with Crippen LogP contribution in [-0.2, 0) is 9.59 Å². The fourth-order valence-electron chi connectivity index (χ4n) is 7.25. The van der Waals surface area contributed by atoms with Gasteiger partial charge in [0.25, 0.3) is 0 Å². The van der Waals surface area contributed by atoms with Crippen LogP contribution in [0.1, 0.15) is 40.0 Å². The monoisotopic (exact) mass is 426 g/mol. The Kier molecular flexibility index (Phi) is 4.54. The van der Waals surface area contributed by atoms with Gasteiger partial charge in [-0.25, -0.2) is 4.39 Å². The summed E-state index contributed by atoms with van der Waals surface area (Å²) < 4.78 is 15.3. The molecule has 0 bridgehead atoms. The van der Waals surface area contributed by atoms with Gasteiger partial charge in [-0.15, -0.1) is 11.6 Å². The summed E-state index contributed by atoms with van der Waals surface area (Å²) in [7, 11) is 0. The van der Waals surface area contributed by atoms with Crippen molar-refractivity contribution in [1.29, 1.82) is 0 Å². The van der Waals surface area contributed by atoms with Crippen LogP contribution in [0.4, 0.5) is 4.39 Å². The van der Waals surface area contributed by atoms with Gasteiger partial charge >= 0.3 is 0 Å². The molecule has 3 N–H and O–H groups in total. The Labute approximate surface area is 174 Å². The van der Waals surface area contributed by atoms with Gasteiger partial charge < -0.3 is 15.3 Å². The summed E-state index contributed by atoms with van der Waals surface area (Å²) in [6, 6.07) is 0. The van der Waals surface area contributed by atoms with E-state index in [4.69, 9.17) is 11.6 Å². The number of carbonyl (C=O) groups excluding carboxylic acids is 2. The lowest BCUT2D eigenvalue weighted by Crippen LogP contribution is -2.70. The Morgan fingerprint density at radius 1 is 1.31 bits per heavy atom. The number of aliphatic hydroxyl groups excluding tert-OH is 2. The highest BCUT2D eigenvalue weighted by molar-refractivity contribution is 6.26. The molecule has 4 aliphatic rings. The summed E-state index contributed by atoms with van der Waals surface area (Å²) in [5.41, 5.74) is -3.63. The van der Waals surface area contributed by atoms with Crippen molar-refractivity contribution in [3.05, 3.63) is 23.8 Å². The Morgan fingerprint density at radius 3 is 2.59 bits per heavy atom. The number of carbonyl (C=O) groups is 2. The zero-order chi connectivity index (χ0) is 21.6. The molecule has 0 spiro atoms. The van der Waals surface area contributed by atoms with Crippen LogP contribution in [0.3, 0.4) is 0 Å². The summed E-state index contributed by atoms with van der Waals surface area (Å²) in [5, 5.41) is 32.3. The smallest absolute Gasteiger partial charge is 0.190 e. The second kappa shape index (κ2) is 6.22. The molecular weight excluding hydrogens is 399 g/mol. The zero-order valence-corrected chi connectivity index (χ0v) is 17.6. The van der Waals surface area contributed by atoms with Gasteiger partial charge in [-0.2, -0.15) is 0 Å². The number of hydrogen-bond donors (Lipinski definition) is 3. The molecule has 0 aromatic heterocycles. The number of fused-ring (bicyclic) bond motifs is 5. The fraction of sp³-hybridized carbons (Fsp3) is 0.727. The van der Waals surface area contributed by atoms with E-state index in [1.807, 2.05) is 0 Å². The molecule has 4 rings (SSSR count). The summed E-state index contributed by atoms with van der Waals surface area (Å²) >= 11 is 7.20. The van der Waals surface area contributed by atoms with Gasteiger partial charge in [0.05, 0.1) is 11.0 Å². The van der Waals surface area contributed by atoms with E-state index in [0.29, 0.717) is 6.42 Å². The number of halogens is 2. The number of rotatable bonds is 2. The first-order chi connectivity index (χ1) is 13.4. The van der Waals surface area contributed by atoms with Gasteiger partial charge in [0.1, 0.15) is 18.4 Å². The van der Waals surface area contributed by atoms with E-state index in [0.717, 1.165) is 0 Å². The van der Waals surface area contributed by atoms with Crippen LogP contribution < -0.4 is 0 Å². The molecule has 160 valence electrons. The largest absolute Gasteiger partial charge is 0.391 e. The number of Topliss-reactive ketones (excluding diaryl/α,β-unsaturated/α-hetero) is 1. The highest BCUT2D eigenvalue weighted by Crippen LogP contribution is 2.71. The van der Waals surface area contributed by atoms with Crippen molar-refractivity contribution in [2.45, 2.75) is 62.8 Å². The molecule has 7 heteroatoms. The number of alkyl halides is 2. The van der Waals surface area contributed by atoms with Crippen LogP contribution in [0, 0.1) is 28.6 Å². The minimum Gasteiger partial charge on any atom is -0.391 e.